The van der Waals surface area contributed by atoms with Crippen LogP contribution in [0.15, 0.2) is 79.8 Å². The molecule has 0 atom stereocenters. The third kappa shape index (κ3) is 3.81. The monoisotopic (exact) mass is 407 g/mol. The smallest absolute Gasteiger partial charge is 0.284 e. The summed E-state index contributed by atoms with van der Waals surface area (Å²) in [6.45, 7) is 1.76. The van der Waals surface area contributed by atoms with Crippen molar-refractivity contribution >= 4 is 23.2 Å². The quantitative estimate of drug-likeness (QED) is 0.251. The predicted molar refractivity (Wildman–Crippen MR) is 104 cm³/mol. The highest BCUT2D eigenvalue weighted by molar-refractivity contribution is 7.99. The fourth-order valence-electron chi connectivity index (χ4n) is 2.70. The fraction of sp³-hybridized carbons (Fsp3) is 0.0500. The van der Waals surface area contributed by atoms with Gasteiger partial charge in [-0.3, -0.25) is 14.9 Å². The molecule has 9 heteroatoms. The van der Waals surface area contributed by atoms with Gasteiger partial charge in [-0.2, -0.15) is 0 Å². The summed E-state index contributed by atoms with van der Waals surface area (Å²) in [5.41, 5.74) is 1.13. The molecule has 0 unspecified atom stereocenters. The van der Waals surface area contributed by atoms with Crippen LogP contribution in [0.2, 0.25) is 0 Å². The largest absolute Gasteiger partial charge is 0.469 e. The first-order chi connectivity index (χ1) is 14.0. The van der Waals surface area contributed by atoms with Gasteiger partial charge < -0.3 is 8.83 Å². The van der Waals surface area contributed by atoms with E-state index in [0.717, 1.165) is 11.8 Å². The van der Waals surface area contributed by atoms with Crippen molar-refractivity contribution in [2.75, 3.05) is 0 Å². The molecule has 2 aromatic heterocycles. The summed E-state index contributed by atoms with van der Waals surface area (Å²) in [6.07, 6.45) is 1.51. The van der Waals surface area contributed by atoms with E-state index >= 15 is 0 Å². The van der Waals surface area contributed by atoms with Gasteiger partial charge >= 0.3 is 0 Å². The number of carbonyl (C=O) groups excluding carboxylic acids is 1. The molecule has 0 saturated carbocycles. The Bertz CT molecular complexity index is 1200. The van der Waals surface area contributed by atoms with Gasteiger partial charge in [-0.15, -0.1) is 10.2 Å². The molecule has 8 nitrogen and oxygen atoms in total. The molecular weight excluding hydrogens is 394 g/mol. The number of benzene rings is 2. The first kappa shape index (κ1) is 18.6. The Morgan fingerprint density at radius 1 is 1.07 bits per heavy atom. The number of aromatic nitrogens is 2. The van der Waals surface area contributed by atoms with Gasteiger partial charge in [0.05, 0.1) is 21.6 Å². The van der Waals surface area contributed by atoms with E-state index in [0.29, 0.717) is 21.8 Å². The van der Waals surface area contributed by atoms with Crippen molar-refractivity contribution in [3.05, 3.63) is 87.9 Å². The minimum Gasteiger partial charge on any atom is -0.469 e. The molecule has 0 spiro atoms. The summed E-state index contributed by atoms with van der Waals surface area (Å²) < 4.78 is 10.8. The van der Waals surface area contributed by atoms with E-state index in [9.17, 15) is 14.9 Å². The van der Waals surface area contributed by atoms with Crippen molar-refractivity contribution < 1.29 is 18.6 Å². The Morgan fingerprint density at radius 2 is 1.86 bits per heavy atom. The normalized spacial score (nSPS) is 10.8. The molecule has 2 aromatic carbocycles. The van der Waals surface area contributed by atoms with Gasteiger partial charge in [0.1, 0.15) is 5.76 Å². The van der Waals surface area contributed by atoms with Crippen LogP contribution >= 0.6 is 11.8 Å². The second kappa shape index (κ2) is 7.72. The lowest BCUT2D eigenvalue weighted by molar-refractivity contribution is -0.387. The summed E-state index contributed by atoms with van der Waals surface area (Å²) in [5, 5.41) is 19.6. The van der Waals surface area contributed by atoms with Crippen molar-refractivity contribution in [1.82, 2.24) is 10.2 Å². The lowest BCUT2D eigenvalue weighted by Crippen LogP contribution is -2.02. The highest BCUT2D eigenvalue weighted by atomic mass is 32.2. The summed E-state index contributed by atoms with van der Waals surface area (Å²) >= 11 is 0.959. The number of ketones is 1. The van der Waals surface area contributed by atoms with Gasteiger partial charge in [-0.1, -0.05) is 30.3 Å². The van der Waals surface area contributed by atoms with Crippen LogP contribution in [-0.4, -0.2) is 20.9 Å². The van der Waals surface area contributed by atoms with Crippen molar-refractivity contribution in [3.63, 3.8) is 0 Å². The molecule has 0 aliphatic heterocycles. The summed E-state index contributed by atoms with van der Waals surface area (Å²) in [6, 6.07) is 14.6. The lowest BCUT2D eigenvalue weighted by Gasteiger charge is -2.04. The number of aryl methyl sites for hydroxylation is 1. The van der Waals surface area contributed by atoms with Gasteiger partial charge in [0.15, 0.2) is 5.78 Å². The Morgan fingerprint density at radius 3 is 2.55 bits per heavy atom. The number of hydrogen-bond acceptors (Lipinski definition) is 8. The predicted octanol–water partition coefficient (Wildman–Crippen LogP) is 4.93. The van der Waals surface area contributed by atoms with Crippen LogP contribution in [0.5, 0.6) is 0 Å². The molecule has 0 N–H and O–H groups in total. The first-order valence-electron chi connectivity index (χ1n) is 8.47. The minimum atomic E-state index is -0.540. The molecule has 4 aromatic rings. The standard InChI is InChI=1S/C20H13N3O5S/c1-12-15(9-10-27-12)19-21-22-20(28-19)29-17-8-7-14(11-16(17)23(25)26)18(24)13-5-3-2-4-6-13/h2-11H,1H3. The number of hydrogen-bond donors (Lipinski definition) is 0. The highest BCUT2D eigenvalue weighted by Crippen LogP contribution is 2.36. The number of rotatable bonds is 6. The SMILES string of the molecule is Cc1occc1-c1nnc(Sc2ccc(C(=O)c3ccccc3)cc2[N+](=O)[O-])o1. The van der Waals surface area contributed by atoms with Crippen LogP contribution in [0, 0.1) is 17.0 Å². The van der Waals surface area contributed by atoms with E-state index in [2.05, 4.69) is 10.2 Å². The van der Waals surface area contributed by atoms with E-state index in [1.54, 1.807) is 49.4 Å². The number of furan rings is 1. The Hall–Kier alpha value is -3.72. The van der Waals surface area contributed by atoms with Gasteiger partial charge in [0, 0.05) is 17.2 Å². The van der Waals surface area contributed by atoms with Crippen LogP contribution in [0.3, 0.4) is 0 Å². The van der Waals surface area contributed by atoms with Crippen LogP contribution < -0.4 is 0 Å². The van der Waals surface area contributed by atoms with Crippen LogP contribution in [0.1, 0.15) is 21.7 Å². The molecule has 4 rings (SSSR count). The van der Waals surface area contributed by atoms with Crippen LogP contribution in [0.25, 0.3) is 11.5 Å². The summed E-state index contributed by atoms with van der Waals surface area (Å²) in [4.78, 5) is 23.9. The fourth-order valence-corrected chi connectivity index (χ4v) is 3.47. The van der Waals surface area contributed by atoms with Gasteiger partial charge in [-0.05, 0) is 36.9 Å². The van der Waals surface area contributed by atoms with Gasteiger partial charge in [0.25, 0.3) is 16.8 Å². The van der Waals surface area contributed by atoms with Gasteiger partial charge in [0.2, 0.25) is 0 Å². The maximum atomic E-state index is 12.6. The van der Waals surface area contributed by atoms with Gasteiger partial charge in [-0.25, -0.2) is 0 Å². The average molecular weight is 407 g/mol. The third-order valence-corrected chi connectivity index (χ3v) is 5.05. The lowest BCUT2D eigenvalue weighted by atomic mass is 10.0. The molecule has 0 radical (unpaired) electrons. The molecule has 0 amide bonds. The van der Waals surface area contributed by atoms with E-state index in [1.807, 2.05) is 0 Å². The Balaban J connectivity index is 1.63. The van der Waals surface area contributed by atoms with E-state index in [1.165, 1.54) is 18.4 Å². The zero-order chi connectivity index (χ0) is 20.4. The molecule has 144 valence electrons. The highest BCUT2D eigenvalue weighted by Gasteiger charge is 2.22. The van der Waals surface area contributed by atoms with Crippen molar-refractivity contribution in [2.45, 2.75) is 17.0 Å². The minimum absolute atomic E-state index is 0.144. The second-order valence-electron chi connectivity index (χ2n) is 6.00. The number of nitro benzene ring substituents is 1. The third-order valence-electron chi connectivity index (χ3n) is 4.15. The summed E-state index contributed by atoms with van der Waals surface area (Å²) in [7, 11) is 0. The summed E-state index contributed by atoms with van der Waals surface area (Å²) in [5.74, 6) is 0.595. The average Bonchev–Trinajstić information content (AvgIpc) is 3.36. The molecule has 0 fully saturated rings. The molecule has 29 heavy (non-hydrogen) atoms. The maximum absolute atomic E-state index is 12.6. The van der Waals surface area contributed by atoms with Crippen molar-refractivity contribution in [2.24, 2.45) is 0 Å². The van der Waals surface area contributed by atoms with Crippen LogP contribution in [0.4, 0.5) is 5.69 Å². The molecule has 0 saturated heterocycles. The van der Waals surface area contributed by atoms with E-state index in [4.69, 9.17) is 8.83 Å². The number of carbonyl (C=O) groups is 1. The zero-order valence-electron chi connectivity index (χ0n) is 15.1. The molecular formula is C20H13N3O5S. The number of nitrogens with zero attached hydrogens (tertiary/aromatic N) is 3. The zero-order valence-corrected chi connectivity index (χ0v) is 15.9. The van der Waals surface area contributed by atoms with Crippen LogP contribution in [-0.2, 0) is 0 Å². The maximum Gasteiger partial charge on any atom is 0.284 e. The first-order valence-corrected chi connectivity index (χ1v) is 9.28. The Kier molecular flexibility index (Phi) is 4.96. The number of nitro groups is 1. The molecule has 0 aliphatic rings. The van der Waals surface area contributed by atoms with Crippen molar-refractivity contribution in [1.29, 1.82) is 0 Å². The molecule has 0 bridgehead atoms. The topological polar surface area (TPSA) is 112 Å². The van der Waals surface area contributed by atoms with E-state index < -0.39 is 4.92 Å². The molecule has 2 heterocycles. The molecule has 0 aliphatic carbocycles. The Labute approximate surface area is 168 Å². The van der Waals surface area contributed by atoms with E-state index in [-0.39, 0.29) is 28.1 Å². The van der Waals surface area contributed by atoms with Crippen molar-refractivity contribution in [3.8, 4) is 11.5 Å². The second-order valence-corrected chi connectivity index (χ2v) is 6.99.